The summed E-state index contributed by atoms with van der Waals surface area (Å²) >= 11 is 3.83. The number of fused-ring (bicyclic) bond motifs is 8. The van der Waals surface area contributed by atoms with Crippen molar-refractivity contribution < 1.29 is 0 Å². The molecule has 2 aromatic heterocycles. The zero-order valence-electron chi connectivity index (χ0n) is 26.8. The van der Waals surface area contributed by atoms with Gasteiger partial charge >= 0.3 is 0 Å². The number of hydrogen-bond acceptors (Lipinski definition) is 2. The Morgan fingerprint density at radius 1 is 0.280 bits per heavy atom. The third kappa shape index (κ3) is 3.75. The SMILES string of the molecule is c1ccc2cc3c(cc2c1)sc1c(-c2cc4ccc5cc(-c6cccc7c6sc6cc8ccccc8cc67)cc6ccc(c2)c4c56)cccc13. The average molecular weight is 667 g/mol. The lowest BCUT2D eigenvalue weighted by atomic mass is 9.89. The fraction of sp³-hybridized carbons (Fsp3) is 0. The summed E-state index contributed by atoms with van der Waals surface area (Å²) in [5.74, 6) is 0. The summed E-state index contributed by atoms with van der Waals surface area (Å²) in [6.45, 7) is 0. The van der Waals surface area contributed by atoms with E-state index in [2.05, 4.69) is 158 Å². The molecule has 0 N–H and O–H groups in total. The van der Waals surface area contributed by atoms with E-state index in [4.69, 9.17) is 0 Å². The van der Waals surface area contributed by atoms with E-state index in [1.807, 2.05) is 22.7 Å². The zero-order valence-corrected chi connectivity index (χ0v) is 28.5. The van der Waals surface area contributed by atoms with Gasteiger partial charge in [0.25, 0.3) is 0 Å². The molecule has 0 unspecified atom stereocenters. The topological polar surface area (TPSA) is 0 Å². The Labute approximate surface area is 295 Å². The van der Waals surface area contributed by atoms with Crippen LogP contribution in [0.15, 0.2) is 158 Å². The summed E-state index contributed by atoms with van der Waals surface area (Å²) in [4.78, 5) is 0. The Balaban J connectivity index is 1.03. The van der Waals surface area contributed by atoms with Gasteiger partial charge in [-0.15, -0.1) is 22.7 Å². The van der Waals surface area contributed by atoms with E-state index < -0.39 is 0 Å². The highest BCUT2D eigenvalue weighted by Crippen LogP contribution is 2.46. The molecular weight excluding hydrogens is 641 g/mol. The van der Waals surface area contributed by atoms with Crippen LogP contribution in [-0.4, -0.2) is 0 Å². The monoisotopic (exact) mass is 666 g/mol. The fourth-order valence-electron chi connectivity index (χ4n) is 8.57. The normalized spacial score (nSPS) is 12.4. The first kappa shape index (κ1) is 27.1. The highest BCUT2D eigenvalue weighted by Gasteiger charge is 2.17. The van der Waals surface area contributed by atoms with Gasteiger partial charge < -0.3 is 0 Å². The molecule has 0 aliphatic heterocycles. The summed E-state index contributed by atoms with van der Waals surface area (Å²) in [6, 6.07) is 59.4. The third-order valence-corrected chi connectivity index (χ3v) is 13.3. The fourth-order valence-corrected chi connectivity index (χ4v) is 11.1. The van der Waals surface area contributed by atoms with Crippen LogP contribution in [0.4, 0.5) is 0 Å². The molecule has 12 rings (SSSR count). The van der Waals surface area contributed by atoms with Crippen molar-refractivity contribution in [3.8, 4) is 22.3 Å². The van der Waals surface area contributed by atoms with Gasteiger partial charge in [0.05, 0.1) is 0 Å². The Kier molecular flexibility index (Phi) is 5.35. The van der Waals surface area contributed by atoms with Crippen molar-refractivity contribution in [2.75, 3.05) is 0 Å². The number of hydrogen-bond donors (Lipinski definition) is 0. The van der Waals surface area contributed by atoms with E-state index in [-0.39, 0.29) is 0 Å². The maximum absolute atomic E-state index is 2.41. The van der Waals surface area contributed by atoms with Gasteiger partial charge in [-0.25, -0.2) is 0 Å². The minimum atomic E-state index is 1.28. The highest BCUT2D eigenvalue weighted by atomic mass is 32.1. The maximum Gasteiger partial charge on any atom is 0.0433 e. The van der Waals surface area contributed by atoms with E-state index in [1.165, 1.54) is 116 Å². The highest BCUT2D eigenvalue weighted by molar-refractivity contribution is 7.26. The van der Waals surface area contributed by atoms with Crippen LogP contribution in [0.3, 0.4) is 0 Å². The second kappa shape index (κ2) is 9.89. The first-order valence-corrected chi connectivity index (χ1v) is 18.8. The lowest BCUT2D eigenvalue weighted by Gasteiger charge is -2.15. The number of rotatable bonds is 2. The predicted octanol–water partition coefficient (Wildman–Crippen LogP) is 15.0. The Morgan fingerprint density at radius 2 is 0.660 bits per heavy atom. The minimum Gasteiger partial charge on any atom is -0.135 e. The molecule has 2 heteroatoms. The van der Waals surface area contributed by atoms with E-state index >= 15 is 0 Å². The zero-order chi connectivity index (χ0) is 32.5. The molecule has 230 valence electrons. The second-order valence-electron chi connectivity index (χ2n) is 13.7. The van der Waals surface area contributed by atoms with Crippen LogP contribution in [0.2, 0.25) is 0 Å². The van der Waals surface area contributed by atoms with Crippen LogP contribution in [0, 0.1) is 0 Å². The van der Waals surface area contributed by atoms with Crippen molar-refractivity contribution in [3.05, 3.63) is 158 Å². The number of benzene rings is 10. The summed E-state index contributed by atoms with van der Waals surface area (Å²) in [5, 5.41) is 18.5. The van der Waals surface area contributed by atoms with Gasteiger partial charge in [-0.2, -0.15) is 0 Å². The van der Waals surface area contributed by atoms with E-state index in [0.717, 1.165) is 0 Å². The van der Waals surface area contributed by atoms with Crippen LogP contribution >= 0.6 is 22.7 Å². The van der Waals surface area contributed by atoms with E-state index in [1.54, 1.807) is 0 Å². The van der Waals surface area contributed by atoms with Crippen LogP contribution in [0.5, 0.6) is 0 Å². The molecule has 0 aliphatic rings. The molecule has 0 nitrogen and oxygen atoms in total. The second-order valence-corrected chi connectivity index (χ2v) is 15.8. The smallest absolute Gasteiger partial charge is 0.0433 e. The Morgan fingerprint density at radius 3 is 1.06 bits per heavy atom. The van der Waals surface area contributed by atoms with Crippen molar-refractivity contribution in [1.82, 2.24) is 0 Å². The molecule has 50 heavy (non-hydrogen) atoms. The van der Waals surface area contributed by atoms with Gasteiger partial charge in [-0.05, 0) is 125 Å². The maximum atomic E-state index is 2.41. The predicted molar refractivity (Wildman–Crippen MR) is 222 cm³/mol. The van der Waals surface area contributed by atoms with Crippen LogP contribution in [-0.2, 0) is 0 Å². The molecule has 0 saturated heterocycles. The van der Waals surface area contributed by atoms with Crippen LogP contribution < -0.4 is 0 Å². The summed E-state index contributed by atoms with van der Waals surface area (Å²) in [6.07, 6.45) is 0. The Hall–Kier alpha value is -5.80. The van der Waals surface area contributed by atoms with Gasteiger partial charge in [-0.3, -0.25) is 0 Å². The first-order chi connectivity index (χ1) is 24.7. The largest absolute Gasteiger partial charge is 0.135 e. The molecule has 12 aromatic rings. The van der Waals surface area contributed by atoms with Gasteiger partial charge in [-0.1, -0.05) is 109 Å². The molecule has 0 bridgehead atoms. The molecule has 0 aliphatic carbocycles. The van der Waals surface area contributed by atoms with Crippen LogP contribution in [0.1, 0.15) is 0 Å². The average Bonchev–Trinajstić information content (AvgIpc) is 3.72. The molecule has 0 fully saturated rings. The molecule has 0 saturated carbocycles. The van der Waals surface area contributed by atoms with Gasteiger partial charge in [0, 0.05) is 40.3 Å². The molecule has 0 spiro atoms. The quantitative estimate of drug-likeness (QED) is 0.161. The lowest BCUT2D eigenvalue weighted by Crippen LogP contribution is -1.88. The van der Waals surface area contributed by atoms with E-state index in [0.29, 0.717) is 0 Å². The first-order valence-electron chi connectivity index (χ1n) is 17.1. The molecule has 2 heterocycles. The minimum absolute atomic E-state index is 1.28. The Bertz CT molecular complexity index is 3080. The standard InChI is InChI=1S/C48H26S2/c1-3-9-29-25-43-41(23-27(29)7-1)39-13-5-11-37(47(39)49-43)35-19-31-15-17-33-21-36(22-34-18-16-32(20-35)45(31)46(33)34)38-12-6-14-40-42-24-28-8-2-4-10-30(28)26-44(42)50-48(38)40/h1-26H. The third-order valence-electron chi connectivity index (χ3n) is 10.9. The molecule has 10 aromatic carbocycles. The van der Waals surface area contributed by atoms with Gasteiger partial charge in [0.2, 0.25) is 0 Å². The van der Waals surface area contributed by atoms with Crippen molar-refractivity contribution >= 4 is 117 Å². The summed E-state index contributed by atoms with van der Waals surface area (Å²) < 4.78 is 5.41. The summed E-state index contributed by atoms with van der Waals surface area (Å²) in [7, 11) is 0. The molecule has 0 amide bonds. The summed E-state index contributed by atoms with van der Waals surface area (Å²) in [5.41, 5.74) is 5.18. The van der Waals surface area contributed by atoms with Gasteiger partial charge in [0.15, 0.2) is 0 Å². The van der Waals surface area contributed by atoms with Crippen molar-refractivity contribution in [3.63, 3.8) is 0 Å². The molecule has 0 radical (unpaired) electrons. The molecule has 0 atom stereocenters. The van der Waals surface area contributed by atoms with E-state index in [9.17, 15) is 0 Å². The van der Waals surface area contributed by atoms with Crippen molar-refractivity contribution in [2.24, 2.45) is 0 Å². The van der Waals surface area contributed by atoms with Gasteiger partial charge in [0.1, 0.15) is 0 Å². The van der Waals surface area contributed by atoms with Crippen LogP contribution in [0.25, 0.3) is 116 Å². The lowest BCUT2D eigenvalue weighted by molar-refractivity contribution is 1.72. The van der Waals surface area contributed by atoms with Crippen molar-refractivity contribution in [2.45, 2.75) is 0 Å². The number of thiophene rings is 2. The molecular formula is C48H26S2. The van der Waals surface area contributed by atoms with Crippen molar-refractivity contribution in [1.29, 1.82) is 0 Å².